The van der Waals surface area contributed by atoms with E-state index in [1.54, 1.807) is 12.1 Å². The molecule has 0 aliphatic heterocycles. The van der Waals surface area contributed by atoms with E-state index in [1.807, 2.05) is 6.07 Å². The second-order valence-corrected chi connectivity index (χ2v) is 4.03. The third kappa shape index (κ3) is 3.06. The first-order valence-electron chi connectivity index (χ1n) is 5.72. The van der Waals surface area contributed by atoms with Crippen LogP contribution >= 0.6 is 0 Å². The molecule has 0 atom stereocenters. The highest BCUT2D eigenvalue weighted by Gasteiger charge is 2.08. The summed E-state index contributed by atoms with van der Waals surface area (Å²) in [6, 6.07) is 13.5. The molecule has 2 rings (SSSR count). The van der Waals surface area contributed by atoms with Crippen LogP contribution < -0.4 is 0 Å². The minimum absolute atomic E-state index is 0.0808. The molecule has 0 spiro atoms. The first kappa shape index (κ1) is 13.4. The summed E-state index contributed by atoms with van der Waals surface area (Å²) >= 11 is 0. The molecule has 20 heavy (non-hydrogen) atoms. The average Bonchev–Trinajstić information content (AvgIpc) is 2.46. The van der Waals surface area contributed by atoms with E-state index in [-0.39, 0.29) is 17.1 Å². The van der Waals surface area contributed by atoms with Crippen molar-refractivity contribution in [3.8, 4) is 6.07 Å². The standard InChI is InChI=1S/C15H9FN2O2/c16-14-6-4-11(5-7-14)8-13(10-17)12-2-1-3-15(9-12)18(19)20/h1-9H/b13-8-. The molecule has 2 aromatic carbocycles. The van der Waals surface area contributed by atoms with Crippen LogP contribution in [0, 0.1) is 27.3 Å². The first-order valence-corrected chi connectivity index (χ1v) is 5.72. The molecule has 0 N–H and O–H groups in total. The number of nitriles is 1. The van der Waals surface area contributed by atoms with E-state index in [2.05, 4.69) is 0 Å². The molecule has 0 bridgehead atoms. The fourth-order valence-electron chi connectivity index (χ4n) is 1.69. The average molecular weight is 268 g/mol. The van der Waals surface area contributed by atoms with Gasteiger partial charge in [0.15, 0.2) is 0 Å². The molecule has 4 nitrogen and oxygen atoms in total. The van der Waals surface area contributed by atoms with Crippen molar-refractivity contribution in [2.45, 2.75) is 0 Å². The van der Waals surface area contributed by atoms with Crippen LogP contribution in [0.2, 0.25) is 0 Å². The van der Waals surface area contributed by atoms with E-state index in [0.717, 1.165) is 0 Å². The molecular formula is C15H9FN2O2. The first-order chi connectivity index (χ1) is 9.60. The van der Waals surface area contributed by atoms with Gasteiger partial charge in [-0.25, -0.2) is 4.39 Å². The normalized spacial score (nSPS) is 10.9. The maximum Gasteiger partial charge on any atom is 0.270 e. The molecule has 0 saturated carbocycles. The van der Waals surface area contributed by atoms with Crippen molar-refractivity contribution in [2.24, 2.45) is 0 Å². The zero-order chi connectivity index (χ0) is 14.5. The highest BCUT2D eigenvalue weighted by Crippen LogP contribution is 2.22. The van der Waals surface area contributed by atoms with E-state index in [0.29, 0.717) is 11.1 Å². The van der Waals surface area contributed by atoms with Gasteiger partial charge in [-0.1, -0.05) is 24.3 Å². The lowest BCUT2D eigenvalue weighted by atomic mass is 10.0. The molecular weight excluding hydrogens is 259 g/mol. The topological polar surface area (TPSA) is 66.9 Å². The molecule has 5 heteroatoms. The molecule has 0 aliphatic rings. The van der Waals surface area contributed by atoms with Crippen molar-refractivity contribution in [3.05, 3.63) is 75.6 Å². The Hall–Kier alpha value is -3.00. The Bertz CT molecular complexity index is 715. The fraction of sp³-hybridized carbons (Fsp3) is 0. The molecule has 0 heterocycles. The lowest BCUT2D eigenvalue weighted by molar-refractivity contribution is -0.384. The number of hydrogen-bond donors (Lipinski definition) is 0. The minimum Gasteiger partial charge on any atom is -0.258 e. The Morgan fingerprint density at radius 3 is 2.55 bits per heavy atom. The van der Waals surface area contributed by atoms with E-state index >= 15 is 0 Å². The maximum atomic E-state index is 12.8. The Morgan fingerprint density at radius 1 is 1.25 bits per heavy atom. The van der Waals surface area contributed by atoms with E-state index in [9.17, 15) is 14.5 Å². The highest BCUT2D eigenvalue weighted by molar-refractivity contribution is 5.90. The summed E-state index contributed by atoms with van der Waals surface area (Å²) in [5.41, 5.74) is 1.29. The van der Waals surface area contributed by atoms with Crippen molar-refractivity contribution in [1.29, 1.82) is 5.26 Å². The minimum atomic E-state index is -0.517. The molecule has 0 radical (unpaired) electrons. The Morgan fingerprint density at radius 2 is 1.95 bits per heavy atom. The van der Waals surface area contributed by atoms with Crippen molar-refractivity contribution in [1.82, 2.24) is 0 Å². The SMILES string of the molecule is N#C/C(=C/c1ccc(F)cc1)c1cccc([N+](=O)[O-])c1. The van der Waals surface area contributed by atoms with Crippen LogP contribution in [-0.4, -0.2) is 4.92 Å². The van der Waals surface area contributed by atoms with Crippen molar-refractivity contribution in [2.75, 3.05) is 0 Å². The molecule has 0 amide bonds. The lowest BCUT2D eigenvalue weighted by Gasteiger charge is -2.00. The Labute approximate surface area is 114 Å². The van der Waals surface area contributed by atoms with Gasteiger partial charge in [0.1, 0.15) is 5.82 Å². The van der Waals surface area contributed by atoms with E-state index < -0.39 is 4.92 Å². The van der Waals surface area contributed by atoms with Gasteiger partial charge >= 0.3 is 0 Å². The number of non-ortho nitro benzene ring substituents is 1. The van der Waals surface area contributed by atoms with E-state index in [1.165, 1.54) is 42.5 Å². The van der Waals surface area contributed by atoms with Crippen molar-refractivity contribution in [3.63, 3.8) is 0 Å². The predicted octanol–water partition coefficient (Wildman–Crippen LogP) is 3.80. The maximum absolute atomic E-state index is 12.8. The number of rotatable bonds is 3. The van der Waals surface area contributed by atoms with Gasteiger partial charge in [0.2, 0.25) is 0 Å². The van der Waals surface area contributed by atoms with Crippen LogP contribution in [-0.2, 0) is 0 Å². The summed E-state index contributed by atoms with van der Waals surface area (Å²) in [5.74, 6) is -0.365. The Balaban J connectivity index is 2.42. The summed E-state index contributed by atoms with van der Waals surface area (Å²) in [4.78, 5) is 10.2. The number of nitrogens with zero attached hydrogens (tertiary/aromatic N) is 2. The van der Waals surface area contributed by atoms with Crippen molar-refractivity contribution < 1.29 is 9.31 Å². The summed E-state index contributed by atoms with van der Waals surface area (Å²) in [6.07, 6.45) is 1.55. The van der Waals surface area contributed by atoms with Crippen LogP contribution in [0.15, 0.2) is 48.5 Å². The van der Waals surface area contributed by atoms with Crippen LogP contribution in [0.3, 0.4) is 0 Å². The second kappa shape index (κ2) is 5.76. The fourth-order valence-corrected chi connectivity index (χ4v) is 1.69. The number of hydrogen-bond acceptors (Lipinski definition) is 3. The molecule has 0 saturated heterocycles. The van der Waals surface area contributed by atoms with Gasteiger partial charge in [-0.2, -0.15) is 5.26 Å². The van der Waals surface area contributed by atoms with Crippen LogP contribution in [0.1, 0.15) is 11.1 Å². The summed E-state index contributed by atoms with van der Waals surface area (Å²) in [5, 5.41) is 19.9. The molecule has 0 aromatic heterocycles. The second-order valence-electron chi connectivity index (χ2n) is 4.03. The molecule has 98 valence electrons. The number of benzene rings is 2. The highest BCUT2D eigenvalue weighted by atomic mass is 19.1. The van der Waals surface area contributed by atoms with Gasteiger partial charge < -0.3 is 0 Å². The Kier molecular flexibility index (Phi) is 3.87. The van der Waals surface area contributed by atoms with Crippen LogP contribution in [0.25, 0.3) is 11.6 Å². The van der Waals surface area contributed by atoms with Gasteiger partial charge in [-0.05, 0) is 29.3 Å². The van der Waals surface area contributed by atoms with E-state index in [4.69, 9.17) is 5.26 Å². The summed E-state index contributed by atoms with van der Waals surface area (Å²) < 4.78 is 12.8. The predicted molar refractivity (Wildman–Crippen MR) is 73.0 cm³/mol. The molecule has 0 aliphatic carbocycles. The molecule has 0 fully saturated rings. The summed E-state index contributed by atoms with van der Waals surface area (Å²) in [7, 11) is 0. The number of allylic oxidation sites excluding steroid dienone is 1. The smallest absolute Gasteiger partial charge is 0.258 e. The number of nitro groups is 1. The summed E-state index contributed by atoms with van der Waals surface area (Å²) in [6.45, 7) is 0. The van der Waals surface area contributed by atoms with Gasteiger partial charge in [-0.3, -0.25) is 10.1 Å². The van der Waals surface area contributed by atoms with Crippen LogP contribution in [0.4, 0.5) is 10.1 Å². The van der Waals surface area contributed by atoms with Gasteiger partial charge in [0.05, 0.1) is 16.6 Å². The monoisotopic (exact) mass is 268 g/mol. The zero-order valence-corrected chi connectivity index (χ0v) is 10.3. The molecule has 2 aromatic rings. The van der Waals surface area contributed by atoms with Crippen LogP contribution in [0.5, 0.6) is 0 Å². The van der Waals surface area contributed by atoms with Gasteiger partial charge in [0, 0.05) is 12.1 Å². The number of halogens is 1. The lowest BCUT2D eigenvalue weighted by Crippen LogP contribution is -1.89. The zero-order valence-electron chi connectivity index (χ0n) is 10.3. The quantitative estimate of drug-likeness (QED) is 0.368. The van der Waals surface area contributed by atoms with Gasteiger partial charge in [-0.15, -0.1) is 0 Å². The van der Waals surface area contributed by atoms with Gasteiger partial charge in [0.25, 0.3) is 5.69 Å². The number of nitro benzene ring substituents is 1. The largest absolute Gasteiger partial charge is 0.270 e. The third-order valence-electron chi connectivity index (χ3n) is 2.67. The van der Waals surface area contributed by atoms with Crippen molar-refractivity contribution >= 4 is 17.3 Å². The molecule has 0 unspecified atom stereocenters. The third-order valence-corrected chi connectivity index (χ3v) is 2.67.